The lowest BCUT2D eigenvalue weighted by molar-refractivity contribution is -0.133. The van der Waals surface area contributed by atoms with Gasteiger partial charge in [-0.1, -0.05) is 60.7 Å². The second-order valence-corrected chi connectivity index (χ2v) is 7.96. The number of carbonyl (C=O) groups excluding carboxylic acids is 1. The number of hydrogen-bond acceptors (Lipinski definition) is 3. The van der Waals surface area contributed by atoms with Crippen LogP contribution in [0.15, 0.2) is 60.7 Å². The third kappa shape index (κ3) is 5.91. The molecule has 4 heteroatoms. The minimum atomic E-state index is 0.119. The quantitative estimate of drug-likeness (QED) is 0.704. The van der Waals surface area contributed by atoms with E-state index >= 15 is 0 Å². The number of piperazine rings is 1. The maximum Gasteiger partial charge on any atom is 0.223 e. The molecular weight excluding hydrogens is 346 g/mol. The van der Waals surface area contributed by atoms with Crippen LogP contribution >= 0.6 is 0 Å². The van der Waals surface area contributed by atoms with Crippen LogP contribution in [-0.2, 0) is 4.79 Å². The van der Waals surface area contributed by atoms with Crippen LogP contribution in [0.2, 0.25) is 0 Å². The van der Waals surface area contributed by atoms with Crippen molar-refractivity contribution >= 4 is 5.91 Å². The monoisotopic (exact) mass is 379 g/mol. The summed E-state index contributed by atoms with van der Waals surface area (Å²) in [6.07, 6.45) is 1.72. The molecule has 1 aliphatic heterocycles. The molecule has 0 saturated carbocycles. The summed E-state index contributed by atoms with van der Waals surface area (Å²) in [5.41, 5.74) is 2.42. The standard InChI is InChI=1S/C24H33N3O/c1-25(2)14-9-15-26-16-18-27(19-17-26)24(28)20-23(21-10-5-3-6-11-21)22-12-7-4-8-13-22/h3-8,10-13,23H,9,14-20H2,1-2H3. The van der Waals surface area contributed by atoms with E-state index < -0.39 is 0 Å². The van der Waals surface area contributed by atoms with Crippen LogP contribution in [0.4, 0.5) is 0 Å². The van der Waals surface area contributed by atoms with E-state index in [0.717, 1.165) is 39.3 Å². The fraction of sp³-hybridized carbons (Fsp3) is 0.458. The molecule has 0 radical (unpaired) electrons. The number of rotatable bonds is 8. The van der Waals surface area contributed by atoms with Crippen molar-refractivity contribution in [1.29, 1.82) is 0 Å². The topological polar surface area (TPSA) is 26.8 Å². The molecule has 3 rings (SSSR count). The molecule has 1 saturated heterocycles. The van der Waals surface area contributed by atoms with Crippen LogP contribution in [0.1, 0.15) is 29.9 Å². The lowest BCUT2D eigenvalue weighted by Gasteiger charge is -2.35. The maximum absolute atomic E-state index is 13.1. The summed E-state index contributed by atoms with van der Waals surface area (Å²) < 4.78 is 0. The summed E-state index contributed by atoms with van der Waals surface area (Å²) in [5, 5.41) is 0. The molecule has 0 N–H and O–H groups in total. The predicted molar refractivity (Wildman–Crippen MR) is 116 cm³/mol. The van der Waals surface area contributed by atoms with Gasteiger partial charge in [0.25, 0.3) is 0 Å². The maximum atomic E-state index is 13.1. The molecule has 2 aromatic carbocycles. The van der Waals surface area contributed by atoms with E-state index in [1.165, 1.54) is 17.5 Å². The molecule has 4 nitrogen and oxygen atoms in total. The van der Waals surface area contributed by atoms with Crippen LogP contribution < -0.4 is 0 Å². The predicted octanol–water partition coefficient (Wildman–Crippen LogP) is 3.30. The van der Waals surface area contributed by atoms with Crippen molar-refractivity contribution in [3.05, 3.63) is 71.8 Å². The third-order valence-corrected chi connectivity index (χ3v) is 5.59. The van der Waals surface area contributed by atoms with Gasteiger partial charge >= 0.3 is 0 Å². The number of nitrogens with zero attached hydrogens (tertiary/aromatic N) is 3. The number of hydrogen-bond donors (Lipinski definition) is 0. The van der Waals surface area contributed by atoms with Crippen molar-refractivity contribution < 1.29 is 4.79 Å². The summed E-state index contributed by atoms with van der Waals surface area (Å²) in [6, 6.07) is 20.8. The van der Waals surface area contributed by atoms with Crippen molar-refractivity contribution in [3.63, 3.8) is 0 Å². The number of carbonyl (C=O) groups is 1. The van der Waals surface area contributed by atoms with Gasteiger partial charge in [0, 0.05) is 38.5 Å². The molecular formula is C24H33N3O. The average molecular weight is 380 g/mol. The van der Waals surface area contributed by atoms with E-state index in [0.29, 0.717) is 6.42 Å². The first-order valence-electron chi connectivity index (χ1n) is 10.4. The fourth-order valence-electron chi connectivity index (χ4n) is 3.93. The summed E-state index contributed by atoms with van der Waals surface area (Å²) in [6.45, 7) is 5.90. The van der Waals surface area contributed by atoms with Gasteiger partial charge in [-0.2, -0.15) is 0 Å². The van der Waals surface area contributed by atoms with E-state index in [9.17, 15) is 4.79 Å². The van der Waals surface area contributed by atoms with Crippen LogP contribution in [0.25, 0.3) is 0 Å². The van der Waals surface area contributed by atoms with E-state index in [2.05, 4.69) is 77.3 Å². The summed E-state index contributed by atoms with van der Waals surface area (Å²) in [7, 11) is 4.24. The Balaban J connectivity index is 1.58. The van der Waals surface area contributed by atoms with Crippen molar-refractivity contribution in [2.45, 2.75) is 18.8 Å². The van der Waals surface area contributed by atoms with Gasteiger partial charge in [0.1, 0.15) is 0 Å². The lowest BCUT2D eigenvalue weighted by atomic mass is 9.88. The van der Waals surface area contributed by atoms with Crippen LogP contribution in [0, 0.1) is 0 Å². The second-order valence-electron chi connectivity index (χ2n) is 7.96. The fourth-order valence-corrected chi connectivity index (χ4v) is 3.93. The average Bonchev–Trinajstić information content (AvgIpc) is 2.73. The highest BCUT2D eigenvalue weighted by Gasteiger charge is 2.25. The van der Waals surface area contributed by atoms with Crippen molar-refractivity contribution in [1.82, 2.24) is 14.7 Å². The highest BCUT2D eigenvalue weighted by atomic mass is 16.2. The molecule has 28 heavy (non-hydrogen) atoms. The molecule has 0 aromatic heterocycles. The van der Waals surface area contributed by atoms with Crippen LogP contribution in [-0.4, -0.2) is 74.0 Å². The largest absolute Gasteiger partial charge is 0.340 e. The molecule has 0 atom stereocenters. The van der Waals surface area contributed by atoms with Gasteiger partial charge in [0.05, 0.1) is 0 Å². The first-order valence-corrected chi connectivity index (χ1v) is 10.4. The zero-order valence-corrected chi connectivity index (χ0v) is 17.3. The normalized spacial score (nSPS) is 15.4. The van der Waals surface area contributed by atoms with Gasteiger partial charge in [-0.15, -0.1) is 0 Å². The molecule has 150 valence electrons. The van der Waals surface area contributed by atoms with Gasteiger partial charge in [-0.05, 0) is 44.7 Å². The molecule has 0 bridgehead atoms. The molecule has 1 fully saturated rings. The first-order chi connectivity index (χ1) is 13.6. The molecule has 0 aliphatic carbocycles. The van der Waals surface area contributed by atoms with E-state index in [-0.39, 0.29) is 11.8 Å². The Morgan fingerprint density at radius 2 is 1.43 bits per heavy atom. The lowest BCUT2D eigenvalue weighted by Crippen LogP contribution is -2.49. The van der Waals surface area contributed by atoms with Gasteiger partial charge in [0.15, 0.2) is 0 Å². The molecule has 2 aromatic rings. The van der Waals surface area contributed by atoms with Crippen LogP contribution in [0.5, 0.6) is 0 Å². The SMILES string of the molecule is CN(C)CCCN1CCN(C(=O)CC(c2ccccc2)c2ccccc2)CC1. The van der Waals surface area contributed by atoms with E-state index in [4.69, 9.17) is 0 Å². The molecule has 1 amide bonds. The summed E-state index contributed by atoms with van der Waals surface area (Å²) >= 11 is 0. The highest BCUT2D eigenvalue weighted by Crippen LogP contribution is 2.28. The Hall–Kier alpha value is -2.17. The van der Waals surface area contributed by atoms with Gasteiger partial charge < -0.3 is 9.80 Å². The Kier molecular flexibility index (Phi) is 7.63. The van der Waals surface area contributed by atoms with Gasteiger partial charge in [-0.3, -0.25) is 9.69 Å². The molecule has 0 unspecified atom stereocenters. The minimum absolute atomic E-state index is 0.119. The molecule has 0 spiro atoms. The summed E-state index contributed by atoms with van der Waals surface area (Å²) in [5.74, 6) is 0.388. The molecule has 1 aliphatic rings. The van der Waals surface area contributed by atoms with Crippen molar-refractivity contribution in [2.75, 3.05) is 53.4 Å². The van der Waals surface area contributed by atoms with Crippen molar-refractivity contribution in [2.24, 2.45) is 0 Å². The Bertz CT molecular complexity index is 670. The first kappa shape index (κ1) is 20.6. The minimum Gasteiger partial charge on any atom is -0.340 e. The van der Waals surface area contributed by atoms with Crippen molar-refractivity contribution in [3.8, 4) is 0 Å². The Labute approximate surface area is 169 Å². The smallest absolute Gasteiger partial charge is 0.223 e. The number of amides is 1. The number of benzene rings is 2. The van der Waals surface area contributed by atoms with E-state index in [1.807, 2.05) is 12.1 Å². The Morgan fingerprint density at radius 3 is 1.93 bits per heavy atom. The summed E-state index contributed by atoms with van der Waals surface area (Å²) in [4.78, 5) is 19.8. The zero-order valence-electron chi connectivity index (χ0n) is 17.3. The molecule has 1 heterocycles. The van der Waals surface area contributed by atoms with Crippen LogP contribution in [0.3, 0.4) is 0 Å². The Morgan fingerprint density at radius 1 is 0.893 bits per heavy atom. The zero-order chi connectivity index (χ0) is 19.8. The van der Waals surface area contributed by atoms with Gasteiger partial charge in [0.2, 0.25) is 5.91 Å². The van der Waals surface area contributed by atoms with E-state index in [1.54, 1.807) is 0 Å². The second kappa shape index (κ2) is 10.4. The highest BCUT2D eigenvalue weighted by molar-refractivity contribution is 5.78. The third-order valence-electron chi connectivity index (χ3n) is 5.59. The van der Waals surface area contributed by atoms with Gasteiger partial charge in [-0.25, -0.2) is 0 Å².